The molecule has 0 radical (unpaired) electrons. The highest BCUT2D eigenvalue weighted by atomic mass is 16.5. The minimum absolute atomic E-state index is 0.192. The highest BCUT2D eigenvalue weighted by Crippen LogP contribution is 2.76. The predicted octanol–water partition coefficient (Wildman–Crippen LogP) is 5.91. The molecule has 2 aliphatic rings. The van der Waals surface area contributed by atoms with Gasteiger partial charge in [0.05, 0.1) is 7.11 Å². The zero-order valence-electron chi connectivity index (χ0n) is 16.8. The van der Waals surface area contributed by atoms with Crippen LogP contribution in [0.1, 0.15) is 55.4 Å². The van der Waals surface area contributed by atoms with E-state index in [1.54, 1.807) is 7.11 Å². The lowest BCUT2D eigenvalue weighted by Gasteiger charge is -2.47. The zero-order valence-corrected chi connectivity index (χ0v) is 15.8. The molecule has 2 aliphatic carbocycles. The Morgan fingerprint density at radius 1 is 1.09 bits per heavy atom. The van der Waals surface area contributed by atoms with Gasteiger partial charge >= 0.3 is 0 Å². The Bertz CT molecular complexity index is 755. The summed E-state index contributed by atoms with van der Waals surface area (Å²) in [6, 6.07) is 8.43. The molecule has 0 amide bonds. The molecule has 1 nitrogen and oxygen atoms in total. The van der Waals surface area contributed by atoms with Crippen LogP contribution in [-0.4, -0.2) is 7.11 Å². The summed E-state index contributed by atoms with van der Waals surface area (Å²) in [5, 5.41) is 0. The van der Waals surface area contributed by atoms with Crippen LogP contribution in [0.4, 0.5) is 0 Å². The summed E-state index contributed by atoms with van der Waals surface area (Å²) >= 11 is 0. The molecule has 0 aromatic heterocycles. The minimum atomic E-state index is -0.579. The Balaban J connectivity index is 2.36. The minimum Gasteiger partial charge on any atom is -0.497 e. The average molecular weight is 311 g/mol. The van der Waals surface area contributed by atoms with E-state index < -0.39 is 5.89 Å². The van der Waals surface area contributed by atoms with Gasteiger partial charge < -0.3 is 4.74 Å². The van der Waals surface area contributed by atoms with Crippen molar-refractivity contribution < 1.29 is 6.11 Å². The van der Waals surface area contributed by atoms with E-state index in [1.165, 1.54) is 22.3 Å². The lowest BCUT2D eigenvalue weighted by molar-refractivity contribution is 0.198. The van der Waals surface area contributed by atoms with Gasteiger partial charge in [-0.1, -0.05) is 62.6 Å². The molecule has 1 aromatic carbocycles. The van der Waals surface area contributed by atoms with Gasteiger partial charge in [-0.15, -0.1) is 0 Å². The molecule has 124 valence electrons. The highest BCUT2D eigenvalue weighted by molar-refractivity contribution is 5.60. The van der Waals surface area contributed by atoms with Crippen LogP contribution in [0.2, 0.25) is 0 Å². The fourth-order valence-electron chi connectivity index (χ4n) is 5.68. The lowest BCUT2D eigenvalue weighted by atomic mass is 9.56. The second kappa shape index (κ2) is 4.75. The summed E-state index contributed by atoms with van der Waals surface area (Å²) in [5.74, 6) is 0.297. The molecule has 2 bridgehead atoms. The third-order valence-corrected chi connectivity index (χ3v) is 7.60. The van der Waals surface area contributed by atoms with Crippen molar-refractivity contribution in [2.24, 2.45) is 16.7 Å². The molecule has 4 atom stereocenters. The zero-order chi connectivity index (χ0) is 18.1. The van der Waals surface area contributed by atoms with Gasteiger partial charge in [-0.3, -0.25) is 0 Å². The summed E-state index contributed by atoms with van der Waals surface area (Å²) in [4.78, 5) is 0. The number of fused-ring (bicyclic) bond motifs is 2. The molecule has 0 saturated heterocycles. The van der Waals surface area contributed by atoms with Crippen LogP contribution in [0.15, 0.2) is 47.1 Å². The lowest BCUT2D eigenvalue weighted by Crippen LogP contribution is -2.42. The normalized spacial score (nSPS) is 44.9. The first kappa shape index (κ1) is 15.1. The summed E-state index contributed by atoms with van der Waals surface area (Å²) in [7, 11) is 1.70. The van der Waals surface area contributed by atoms with E-state index in [4.69, 9.17) is 4.74 Å². The molecule has 0 spiro atoms. The average Bonchev–Trinajstić information content (AvgIpc) is 2.74. The summed E-state index contributed by atoms with van der Waals surface area (Å²) in [5.41, 5.74) is 4.75. The number of rotatable bonds is 2. The molecule has 0 unspecified atom stereocenters. The molecule has 0 N–H and O–H groups in total. The molecule has 0 heterocycles. The molecule has 1 fully saturated rings. The molecule has 0 aliphatic heterocycles. The Kier molecular flexibility index (Phi) is 3.11. The van der Waals surface area contributed by atoms with Crippen LogP contribution in [-0.2, 0) is 5.41 Å². The first-order valence-electron chi connectivity index (χ1n) is 9.05. The first-order valence-corrected chi connectivity index (χ1v) is 8.55. The van der Waals surface area contributed by atoms with Crippen molar-refractivity contribution in [2.75, 3.05) is 7.11 Å². The maximum atomic E-state index is 9.42. The van der Waals surface area contributed by atoms with Crippen LogP contribution in [0.25, 0.3) is 0 Å². The maximum absolute atomic E-state index is 9.42. The van der Waals surface area contributed by atoms with E-state index in [0.717, 1.165) is 5.75 Å². The van der Waals surface area contributed by atoms with Crippen molar-refractivity contribution in [1.29, 1.82) is 0 Å². The summed E-state index contributed by atoms with van der Waals surface area (Å²) in [6.07, 6.45) is 2.26. The standard InChI is InChI=1S/C22H30O/c1-9-19-20(5)14(2)15(3)21(6,16(20)4)22(19,7)17-10-12-18(23-8)13-11-17/h9-13,16H,1-8H3/b19-9-/t16-,20+,21-,22-/m0/s1/i16D. The molecule has 1 aromatic rings. The van der Waals surface area contributed by atoms with Gasteiger partial charge in [0.2, 0.25) is 0 Å². The Hall–Kier alpha value is -1.50. The third kappa shape index (κ3) is 1.54. The number of ether oxygens (including phenoxy) is 1. The largest absolute Gasteiger partial charge is 0.497 e. The predicted molar refractivity (Wildman–Crippen MR) is 97.9 cm³/mol. The van der Waals surface area contributed by atoms with E-state index in [1.807, 2.05) is 12.1 Å². The molecule has 23 heavy (non-hydrogen) atoms. The van der Waals surface area contributed by atoms with Crippen LogP contribution >= 0.6 is 0 Å². The molecular weight excluding hydrogens is 280 g/mol. The quantitative estimate of drug-likeness (QED) is 0.617. The second-order valence-electron chi connectivity index (χ2n) is 7.68. The van der Waals surface area contributed by atoms with Crippen LogP contribution in [0, 0.1) is 16.7 Å². The topological polar surface area (TPSA) is 9.23 Å². The van der Waals surface area contributed by atoms with E-state index in [2.05, 4.69) is 66.7 Å². The van der Waals surface area contributed by atoms with Gasteiger partial charge in [-0.2, -0.15) is 0 Å². The number of hydrogen-bond acceptors (Lipinski definition) is 1. The molecule has 3 rings (SSSR count). The SMILES string of the molecule is [2H][C@@]1(C)[C@]2(C)C(C)=C(C)[C@@]1(C)/C(=C/C)[C@]2(C)c1ccc(OC)cc1. The number of hydrogen-bond donors (Lipinski definition) is 0. The summed E-state index contributed by atoms with van der Waals surface area (Å²) in [6.45, 7) is 15.6. The van der Waals surface area contributed by atoms with Crippen molar-refractivity contribution in [3.63, 3.8) is 0 Å². The van der Waals surface area contributed by atoms with Gasteiger partial charge in [0.25, 0.3) is 0 Å². The van der Waals surface area contributed by atoms with Crippen molar-refractivity contribution in [3.05, 3.63) is 52.6 Å². The van der Waals surface area contributed by atoms with Crippen LogP contribution in [0.3, 0.4) is 0 Å². The first-order chi connectivity index (χ1) is 11.0. The molecular formula is C22H30O. The van der Waals surface area contributed by atoms with E-state index in [9.17, 15) is 1.37 Å². The van der Waals surface area contributed by atoms with Crippen molar-refractivity contribution in [2.45, 2.75) is 53.9 Å². The molecule has 1 heteroatoms. The van der Waals surface area contributed by atoms with Crippen LogP contribution in [0.5, 0.6) is 5.75 Å². The van der Waals surface area contributed by atoms with E-state index in [-0.39, 0.29) is 16.2 Å². The monoisotopic (exact) mass is 311 g/mol. The summed E-state index contributed by atoms with van der Waals surface area (Å²) < 4.78 is 14.8. The van der Waals surface area contributed by atoms with Gasteiger partial charge in [0.1, 0.15) is 5.75 Å². The van der Waals surface area contributed by atoms with Gasteiger partial charge in [-0.25, -0.2) is 0 Å². The number of benzene rings is 1. The Labute approximate surface area is 142 Å². The smallest absolute Gasteiger partial charge is 0.118 e. The number of allylic oxidation sites excluding steroid dienone is 4. The van der Waals surface area contributed by atoms with E-state index in [0.29, 0.717) is 0 Å². The van der Waals surface area contributed by atoms with Crippen LogP contribution < -0.4 is 4.74 Å². The van der Waals surface area contributed by atoms with Gasteiger partial charge in [-0.05, 0) is 44.4 Å². The van der Waals surface area contributed by atoms with E-state index >= 15 is 0 Å². The fourth-order valence-corrected chi connectivity index (χ4v) is 5.68. The second-order valence-corrected chi connectivity index (χ2v) is 7.68. The molecule has 1 saturated carbocycles. The Morgan fingerprint density at radius 3 is 2.13 bits per heavy atom. The van der Waals surface area contributed by atoms with Gasteiger partial charge in [0, 0.05) is 17.6 Å². The Morgan fingerprint density at radius 2 is 1.65 bits per heavy atom. The van der Waals surface area contributed by atoms with Crippen molar-refractivity contribution in [1.82, 2.24) is 0 Å². The number of methoxy groups -OCH3 is 1. The fraction of sp³-hybridized carbons (Fsp3) is 0.545. The highest BCUT2D eigenvalue weighted by Gasteiger charge is 2.70. The maximum Gasteiger partial charge on any atom is 0.118 e. The van der Waals surface area contributed by atoms with Crippen molar-refractivity contribution >= 4 is 0 Å². The third-order valence-electron chi connectivity index (χ3n) is 7.60. The van der Waals surface area contributed by atoms with Gasteiger partial charge in [0.15, 0.2) is 0 Å². The van der Waals surface area contributed by atoms with Crippen molar-refractivity contribution in [3.8, 4) is 5.75 Å².